The standard InChI is InChI=1S/C14H15F2NO2/c1-3-9-6-12(14(15)16)10(5-11(9)8-17)7-13(18)19-4-2/h5-6,14H,3-4,7H2,1-2H3. The van der Waals surface area contributed by atoms with Gasteiger partial charge in [0.2, 0.25) is 0 Å². The number of esters is 1. The third kappa shape index (κ3) is 3.75. The van der Waals surface area contributed by atoms with E-state index >= 15 is 0 Å². The van der Waals surface area contributed by atoms with Crippen molar-refractivity contribution in [1.82, 2.24) is 0 Å². The van der Waals surface area contributed by atoms with Gasteiger partial charge in [-0.1, -0.05) is 6.92 Å². The summed E-state index contributed by atoms with van der Waals surface area (Å²) in [5.74, 6) is -0.572. The predicted molar refractivity (Wildman–Crippen MR) is 65.8 cm³/mol. The van der Waals surface area contributed by atoms with Crippen LogP contribution in [0.5, 0.6) is 0 Å². The van der Waals surface area contributed by atoms with Crippen LogP contribution in [-0.4, -0.2) is 12.6 Å². The number of halogens is 2. The van der Waals surface area contributed by atoms with Gasteiger partial charge in [-0.05, 0) is 36.6 Å². The van der Waals surface area contributed by atoms with Crippen molar-refractivity contribution < 1.29 is 18.3 Å². The summed E-state index contributed by atoms with van der Waals surface area (Å²) in [4.78, 5) is 11.4. The van der Waals surface area contributed by atoms with Crippen LogP contribution in [0.2, 0.25) is 0 Å². The lowest BCUT2D eigenvalue weighted by Gasteiger charge is -2.12. The summed E-state index contributed by atoms with van der Waals surface area (Å²) in [6.45, 7) is 3.63. The predicted octanol–water partition coefficient (Wildman–Crippen LogP) is 3.16. The average Bonchev–Trinajstić information content (AvgIpc) is 2.38. The summed E-state index contributed by atoms with van der Waals surface area (Å²) in [6.07, 6.45) is -2.43. The third-order valence-corrected chi connectivity index (χ3v) is 2.74. The van der Waals surface area contributed by atoms with E-state index in [0.717, 1.165) is 0 Å². The molecule has 0 aliphatic heterocycles. The minimum absolute atomic E-state index is 0.155. The Labute approximate surface area is 110 Å². The van der Waals surface area contributed by atoms with E-state index in [2.05, 4.69) is 0 Å². The fourth-order valence-electron chi connectivity index (χ4n) is 1.83. The number of nitrogens with zero attached hydrogens (tertiary/aromatic N) is 1. The summed E-state index contributed by atoms with van der Waals surface area (Å²) in [5, 5.41) is 8.99. The molecule has 0 amide bonds. The van der Waals surface area contributed by atoms with E-state index in [1.54, 1.807) is 13.8 Å². The molecule has 0 N–H and O–H groups in total. The molecule has 0 saturated heterocycles. The van der Waals surface area contributed by atoms with E-state index in [4.69, 9.17) is 10.00 Å². The minimum atomic E-state index is -2.68. The number of hydrogen-bond acceptors (Lipinski definition) is 3. The van der Waals surface area contributed by atoms with Gasteiger partial charge in [0.05, 0.1) is 24.7 Å². The average molecular weight is 267 g/mol. The van der Waals surface area contributed by atoms with Gasteiger partial charge in [-0.25, -0.2) is 8.78 Å². The Morgan fingerprint density at radius 3 is 2.53 bits per heavy atom. The van der Waals surface area contributed by atoms with Gasteiger partial charge in [0.25, 0.3) is 6.43 Å². The SMILES string of the molecule is CCOC(=O)Cc1cc(C#N)c(CC)cc1C(F)F. The number of hydrogen-bond donors (Lipinski definition) is 0. The van der Waals surface area contributed by atoms with E-state index in [1.165, 1.54) is 12.1 Å². The summed E-state index contributed by atoms with van der Waals surface area (Å²) in [6, 6.07) is 4.62. The van der Waals surface area contributed by atoms with Gasteiger partial charge in [0.1, 0.15) is 0 Å². The van der Waals surface area contributed by atoms with Gasteiger partial charge in [-0.15, -0.1) is 0 Å². The molecule has 3 nitrogen and oxygen atoms in total. The Bertz CT molecular complexity index is 507. The largest absolute Gasteiger partial charge is 0.466 e. The van der Waals surface area contributed by atoms with Crippen LogP contribution in [-0.2, 0) is 22.4 Å². The number of alkyl halides is 2. The van der Waals surface area contributed by atoms with Crippen molar-refractivity contribution in [2.45, 2.75) is 33.1 Å². The number of carbonyl (C=O) groups excluding carboxylic acids is 1. The van der Waals surface area contributed by atoms with Crippen molar-refractivity contribution in [3.8, 4) is 6.07 Å². The van der Waals surface area contributed by atoms with Gasteiger partial charge >= 0.3 is 5.97 Å². The normalized spacial score (nSPS) is 10.3. The van der Waals surface area contributed by atoms with E-state index in [9.17, 15) is 13.6 Å². The lowest BCUT2D eigenvalue weighted by Crippen LogP contribution is -2.10. The Morgan fingerprint density at radius 2 is 2.05 bits per heavy atom. The molecule has 0 unspecified atom stereocenters. The third-order valence-electron chi connectivity index (χ3n) is 2.74. The molecular weight excluding hydrogens is 252 g/mol. The first kappa shape index (κ1) is 15.1. The lowest BCUT2D eigenvalue weighted by atomic mass is 9.96. The molecular formula is C14H15F2NO2. The zero-order valence-corrected chi connectivity index (χ0v) is 10.9. The molecule has 0 fully saturated rings. The van der Waals surface area contributed by atoms with Crippen LogP contribution in [0.15, 0.2) is 12.1 Å². The molecule has 102 valence electrons. The maximum Gasteiger partial charge on any atom is 0.310 e. The first-order valence-electron chi connectivity index (χ1n) is 6.03. The quantitative estimate of drug-likeness (QED) is 0.770. The van der Waals surface area contributed by atoms with Gasteiger partial charge in [0.15, 0.2) is 0 Å². The molecule has 0 atom stereocenters. The highest BCUT2D eigenvalue weighted by Crippen LogP contribution is 2.27. The molecule has 5 heteroatoms. The van der Waals surface area contributed by atoms with Gasteiger partial charge in [-0.2, -0.15) is 5.26 Å². The topological polar surface area (TPSA) is 50.1 Å². The molecule has 0 aliphatic carbocycles. The number of carbonyl (C=O) groups is 1. The molecule has 0 aromatic heterocycles. The van der Waals surface area contributed by atoms with Crippen LogP contribution >= 0.6 is 0 Å². The maximum absolute atomic E-state index is 13.0. The fourth-order valence-corrected chi connectivity index (χ4v) is 1.83. The van der Waals surface area contributed by atoms with Gasteiger partial charge < -0.3 is 4.74 Å². The molecule has 1 aromatic carbocycles. The zero-order valence-electron chi connectivity index (χ0n) is 10.9. The van der Waals surface area contributed by atoms with Crippen molar-refractivity contribution in [2.24, 2.45) is 0 Å². The minimum Gasteiger partial charge on any atom is -0.466 e. The van der Waals surface area contributed by atoms with Crippen molar-refractivity contribution in [3.63, 3.8) is 0 Å². The Hall–Kier alpha value is -1.96. The lowest BCUT2D eigenvalue weighted by molar-refractivity contribution is -0.142. The molecule has 0 aliphatic rings. The zero-order chi connectivity index (χ0) is 14.4. The first-order chi connectivity index (χ1) is 9.03. The maximum atomic E-state index is 13.0. The fraction of sp³-hybridized carbons (Fsp3) is 0.429. The molecule has 1 rings (SSSR count). The number of benzene rings is 1. The van der Waals surface area contributed by atoms with Crippen molar-refractivity contribution >= 4 is 5.97 Å². The highest BCUT2D eigenvalue weighted by molar-refractivity contribution is 5.73. The van der Waals surface area contributed by atoms with Crippen molar-refractivity contribution in [3.05, 3.63) is 34.4 Å². The summed E-state index contributed by atoms with van der Waals surface area (Å²) < 4.78 is 30.7. The summed E-state index contributed by atoms with van der Waals surface area (Å²) in [7, 11) is 0. The van der Waals surface area contributed by atoms with Crippen LogP contribution in [0.4, 0.5) is 8.78 Å². The van der Waals surface area contributed by atoms with Gasteiger partial charge in [-0.3, -0.25) is 4.79 Å². The molecule has 19 heavy (non-hydrogen) atoms. The second-order valence-corrected chi connectivity index (χ2v) is 3.96. The van der Waals surface area contributed by atoms with Crippen LogP contribution in [0, 0.1) is 11.3 Å². The van der Waals surface area contributed by atoms with Crippen LogP contribution in [0.1, 0.15) is 42.5 Å². The summed E-state index contributed by atoms with van der Waals surface area (Å²) in [5.41, 5.74) is 0.836. The second-order valence-electron chi connectivity index (χ2n) is 3.96. The summed E-state index contributed by atoms with van der Waals surface area (Å²) >= 11 is 0. The molecule has 0 saturated carbocycles. The van der Waals surface area contributed by atoms with Crippen molar-refractivity contribution in [1.29, 1.82) is 5.26 Å². The second kappa shape index (κ2) is 6.83. The molecule has 0 heterocycles. The van der Waals surface area contributed by atoms with E-state index < -0.39 is 12.4 Å². The van der Waals surface area contributed by atoms with E-state index in [-0.39, 0.29) is 24.2 Å². The molecule has 0 bridgehead atoms. The van der Waals surface area contributed by atoms with Crippen LogP contribution in [0.3, 0.4) is 0 Å². The number of nitriles is 1. The molecule has 0 radical (unpaired) electrons. The molecule has 0 spiro atoms. The monoisotopic (exact) mass is 267 g/mol. The van der Waals surface area contributed by atoms with E-state index in [1.807, 2.05) is 6.07 Å². The highest BCUT2D eigenvalue weighted by atomic mass is 19.3. The first-order valence-corrected chi connectivity index (χ1v) is 6.03. The van der Waals surface area contributed by atoms with Crippen molar-refractivity contribution in [2.75, 3.05) is 6.61 Å². The smallest absolute Gasteiger partial charge is 0.310 e. The van der Waals surface area contributed by atoms with Crippen LogP contribution < -0.4 is 0 Å². The Balaban J connectivity index is 3.21. The Morgan fingerprint density at radius 1 is 1.37 bits per heavy atom. The molecule has 1 aromatic rings. The van der Waals surface area contributed by atoms with E-state index in [0.29, 0.717) is 17.5 Å². The van der Waals surface area contributed by atoms with Crippen LogP contribution in [0.25, 0.3) is 0 Å². The number of aryl methyl sites for hydroxylation is 1. The number of ether oxygens (including phenoxy) is 1. The van der Waals surface area contributed by atoms with Gasteiger partial charge in [0, 0.05) is 5.56 Å². The highest BCUT2D eigenvalue weighted by Gasteiger charge is 2.18. The Kier molecular flexibility index (Phi) is 5.43. The number of rotatable bonds is 5.